The minimum atomic E-state index is 0.467. The smallest absolute Gasteiger partial charge is 0.222 e. The van der Waals surface area contributed by atoms with Crippen LogP contribution < -0.4 is 36.1 Å². The zero-order valence-corrected chi connectivity index (χ0v) is 34.6. The molecule has 8 rings (SSSR count). The van der Waals surface area contributed by atoms with Gasteiger partial charge in [-0.15, -0.1) is 11.6 Å². The largest absolute Gasteiger partial charge is 0.497 e. The molecule has 0 amide bonds. The molecule has 5 N–H and O–H groups in total. The van der Waals surface area contributed by atoms with Crippen LogP contribution in [0.5, 0.6) is 11.5 Å². The van der Waals surface area contributed by atoms with E-state index in [9.17, 15) is 0 Å². The number of hydrogen-bond acceptors (Lipinski definition) is 12. The Morgan fingerprint density at radius 3 is 1.53 bits per heavy atom. The second-order valence-electron chi connectivity index (χ2n) is 14.1. The predicted octanol–water partition coefficient (Wildman–Crippen LogP) is 8.22. The summed E-state index contributed by atoms with van der Waals surface area (Å²) in [7, 11) is 9.26. The van der Waals surface area contributed by atoms with Gasteiger partial charge in [0.2, 0.25) is 11.9 Å². The normalized spacial score (nSPS) is 14.8. The molecule has 2 aliphatic rings. The molecule has 12 nitrogen and oxygen atoms in total. The molecule has 2 aliphatic heterocycles. The van der Waals surface area contributed by atoms with E-state index in [4.69, 9.17) is 9.47 Å². The second kappa shape index (κ2) is 20.1. The number of methoxy groups -OCH3 is 2. The van der Waals surface area contributed by atoms with E-state index >= 15 is 0 Å². The van der Waals surface area contributed by atoms with E-state index in [0.717, 1.165) is 103 Å². The molecule has 300 valence electrons. The van der Waals surface area contributed by atoms with E-state index in [1.165, 1.54) is 22.5 Å². The molecular formula is C44H55ClN10O2. The van der Waals surface area contributed by atoms with Crippen LogP contribution in [0.2, 0.25) is 0 Å². The average molecular weight is 791 g/mol. The molecule has 2 saturated heterocycles. The van der Waals surface area contributed by atoms with Crippen molar-refractivity contribution < 1.29 is 9.47 Å². The van der Waals surface area contributed by atoms with Crippen molar-refractivity contribution in [3.05, 3.63) is 85.2 Å². The van der Waals surface area contributed by atoms with Crippen LogP contribution in [0.15, 0.2) is 85.2 Å². The summed E-state index contributed by atoms with van der Waals surface area (Å²) in [5.41, 5.74) is 6.21. The Kier molecular flexibility index (Phi) is 14.6. The third-order valence-corrected chi connectivity index (χ3v) is 10.4. The summed E-state index contributed by atoms with van der Waals surface area (Å²) in [4.78, 5) is 20.1. The molecule has 0 radical (unpaired) electrons. The SMILES string of the molecule is CCl.CNc1nccc(-c2cc(NC3CCN(C)CC3)c3cc(OC)ccc3c2)n1.CNc1nccc(-c2cc(NC3CCNCC3)c3cc(OC)ccc3c2)n1. The number of benzene rings is 4. The zero-order valence-electron chi connectivity index (χ0n) is 33.8. The lowest BCUT2D eigenvalue weighted by Crippen LogP contribution is -2.36. The highest BCUT2D eigenvalue weighted by Crippen LogP contribution is 2.35. The maximum absolute atomic E-state index is 5.46. The lowest BCUT2D eigenvalue weighted by Gasteiger charge is -2.30. The Hall–Kier alpha value is -5.43. The van der Waals surface area contributed by atoms with Gasteiger partial charge in [0.1, 0.15) is 11.5 Å². The van der Waals surface area contributed by atoms with Gasteiger partial charge in [-0.05, 0) is 130 Å². The molecule has 4 heterocycles. The fraction of sp³-hybridized carbons (Fsp3) is 0.364. The van der Waals surface area contributed by atoms with Gasteiger partial charge in [0.25, 0.3) is 0 Å². The summed E-state index contributed by atoms with van der Waals surface area (Å²) in [6.45, 7) is 4.35. The third-order valence-electron chi connectivity index (χ3n) is 10.4. The van der Waals surface area contributed by atoms with Gasteiger partial charge in [-0.25, -0.2) is 19.9 Å². The number of nitrogens with zero attached hydrogens (tertiary/aromatic N) is 5. The monoisotopic (exact) mass is 790 g/mol. The highest BCUT2D eigenvalue weighted by molar-refractivity contribution is 6.15. The first-order valence-corrected chi connectivity index (χ1v) is 20.2. The first kappa shape index (κ1) is 41.2. The van der Waals surface area contributed by atoms with E-state index < -0.39 is 0 Å². The fourth-order valence-electron chi connectivity index (χ4n) is 7.30. The van der Waals surface area contributed by atoms with Crippen molar-refractivity contribution in [2.45, 2.75) is 37.8 Å². The highest BCUT2D eigenvalue weighted by atomic mass is 35.5. The molecule has 0 aliphatic carbocycles. The molecule has 6 aromatic rings. The maximum Gasteiger partial charge on any atom is 0.222 e. The predicted molar refractivity (Wildman–Crippen MR) is 238 cm³/mol. The standard InChI is InChI=1S/C22H27N5O.C21H25N5O.CH3Cl/c1-23-22-24-9-6-20(26-22)16-12-15-4-5-18(28-3)14-19(15)21(13-16)25-17-7-10-27(2)11-8-17;1-22-21-24-10-7-19(26-21)15-11-14-3-4-17(27-2)13-18(14)20(12-15)25-16-5-8-23-9-6-16;1-2/h4-6,9,12-14,17,25H,7-8,10-11H2,1-3H3,(H,23,24,26);3-4,7,10-13,16,23,25H,5-6,8-9H2,1-2H3,(H,22,24,26);1H3. The van der Waals surface area contributed by atoms with Crippen LogP contribution >= 0.6 is 11.6 Å². The van der Waals surface area contributed by atoms with E-state index in [0.29, 0.717) is 24.0 Å². The Balaban J connectivity index is 0.000000185. The third kappa shape index (κ3) is 10.5. The molecule has 0 saturated carbocycles. The molecular weight excluding hydrogens is 736 g/mol. The molecule has 57 heavy (non-hydrogen) atoms. The van der Waals surface area contributed by atoms with Gasteiger partial charge in [-0.2, -0.15) is 0 Å². The molecule has 2 fully saturated rings. The Morgan fingerprint density at radius 2 is 1.09 bits per heavy atom. The number of rotatable bonds is 10. The van der Waals surface area contributed by atoms with Crippen LogP contribution in [0.3, 0.4) is 0 Å². The van der Waals surface area contributed by atoms with Crippen LogP contribution in [0.4, 0.5) is 23.3 Å². The van der Waals surface area contributed by atoms with Crippen molar-refractivity contribution >= 4 is 56.4 Å². The highest BCUT2D eigenvalue weighted by Gasteiger charge is 2.19. The van der Waals surface area contributed by atoms with E-state index in [2.05, 4.69) is 119 Å². The van der Waals surface area contributed by atoms with Gasteiger partial charge in [0, 0.05) is 78.2 Å². The number of fused-ring (bicyclic) bond motifs is 2. The van der Waals surface area contributed by atoms with Crippen molar-refractivity contribution in [2.24, 2.45) is 0 Å². The van der Waals surface area contributed by atoms with E-state index in [1.54, 1.807) is 26.6 Å². The lowest BCUT2D eigenvalue weighted by molar-refractivity contribution is 0.264. The number of anilines is 4. The molecule has 0 atom stereocenters. The first-order chi connectivity index (χ1) is 27.9. The van der Waals surface area contributed by atoms with Gasteiger partial charge >= 0.3 is 0 Å². The van der Waals surface area contributed by atoms with Gasteiger partial charge in [-0.1, -0.05) is 12.1 Å². The van der Waals surface area contributed by atoms with Crippen LogP contribution in [0.1, 0.15) is 25.7 Å². The Labute approximate surface area is 341 Å². The van der Waals surface area contributed by atoms with Gasteiger partial charge in [0.05, 0.1) is 25.6 Å². The van der Waals surface area contributed by atoms with E-state index in [1.807, 2.05) is 38.4 Å². The van der Waals surface area contributed by atoms with Crippen LogP contribution in [0.25, 0.3) is 44.1 Å². The topological polar surface area (TPSA) is 133 Å². The van der Waals surface area contributed by atoms with Crippen LogP contribution in [0, 0.1) is 0 Å². The molecule has 4 aromatic carbocycles. The summed E-state index contributed by atoms with van der Waals surface area (Å²) in [5.74, 6) is 2.97. The summed E-state index contributed by atoms with van der Waals surface area (Å²) in [6.07, 6.45) is 9.57. The number of nitrogens with one attached hydrogen (secondary N) is 5. The maximum atomic E-state index is 5.46. The second-order valence-corrected chi connectivity index (χ2v) is 14.1. The van der Waals surface area contributed by atoms with Crippen molar-refractivity contribution in [3.63, 3.8) is 0 Å². The zero-order chi connectivity index (χ0) is 40.1. The van der Waals surface area contributed by atoms with Gasteiger partial charge in [0.15, 0.2) is 0 Å². The fourth-order valence-corrected chi connectivity index (χ4v) is 7.30. The average Bonchev–Trinajstić information content (AvgIpc) is 3.28. The molecule has 0 bridgehead atoms. The number of alkyl halides is 1. The summed E-state index contributed by atoms with van der Waals surface area (Å²) in [6, 6.07) is 26.0. The number of aromatic nitrogens is 4. The number of piperidine rings is 2. The van der Waals surface area contributed by atoms with E-state index in [-0.39, 0.29) is 0 Å². The number of likely N-dealkylation sites (tertiary alicyclic amines) is 1. The summed E-state index contributed by atoms with van der Waals surface area (Å²) >= 11 is 4.64. The molecule has 13 heteroatoms. The van der Waals surface area contributed by atoms with Crippen LogP contribution in [-0.4, -0.2) is 105 Å². The Bertz CT molecular complexity index is 2220. The number of halogens is 1. The molecule has 0 spiro atoms. The van der Waals surface area contributed by atoms with Crippen molar-refractivity contribution in [1.29, 1.82) is 0 Å². The summed E-state index contributed by atoms with van der Waals surface area (Å²) in [5, 5.41) is 21.7. The minimum Gasteiger partial charge on any atom is -0.497 e. The number of ether oxygens (including phenoxy) is 2. The van der Waals surface area contributed by atoms with Crippen molar-refractivity contribution in [3.8, 4) is 34.0 Å². The summed E-state index contributed by atoms with van der Waals surface area (Å²) < 4.78 is 10.9. The lowest BCUT2D eigenvalue weighted by atomic mass is 10.00. The van der Waals surface area contributed by atoms with Crippen LogP contribution in [-0.2, 0) is 0 Å². The van der Waals surface area contributed by atoms with Gasteiger partial charge < -0.3 is 41.0 Å². The molecule has 0 unspecified atom stereocenters. The van der Waals surface area contributed by atoms with Crippen molar-refractivity contribution in [1.82, 2.24) is 30.2 Å². The number of hydrogen-bond donors (Lipinski definition) is 5. The van der Waals surface area contributed by atoms with Gasteiger partial charge in [-0.3, -0.25) is 0 Å². The quantitative estimate of drug-likeness (QED) is 0.0857. The first-order valence-electron chi connectivity index (χ1n) is 19.5. The molecule has 2 aromatic heterocycles. The van der Waals surface area contributed by atoms with Crippen molar-refractivity contribution in [2.75, 3.05) is 89.2 Å². The minimum absolute atomic E-state index is 0.467. The Morgan fingerprint density at radius 1 is 0.632 bits per heavy atom.